The largest absolute Gasteiger partial charge is 0.0654 e. The number of benzene rings is 1. The van der Waals surface area contributed by atoms with Gasteiger partial charge in [0.25, 0.3) is 0 Å². The van der Waals surface area contributed by atoms with Gasteiger partial charge in [0.2, 0.25) is 0 Å². The molecule has 0 nitrogen and oxygen atoms in total. The molecule has 3 fully saturated rings. The number of hydrogen-bond donors (Lipinski definition) is 0. The van der Waals surface area contributed by atoms with Crippen molar-refractivity contribution in [1.82, 2.24) is 0 Å². The molecule has 0 heteroatoms. The number of hydrogen-bond acceptors (Lipinski definition) is 0. The summed E-state index contributed by atoms with van der Waals surface area (Å²) in [5, 5.41) is 0. The first-order valence-corrected chi connectivity index (χ1v) is 16.8. The summed E-state index contributed by atoms with van der Waals surface area (Å²) in [7, 11) is 0. The summed E-state index contributed by atoms with van der Waals surface area (Å²) in [5.41, 5.74) is 3.28. The van der Waals surface area contributed by atoms with Crippen molar-refractivity contribution in [3.8, 4) is 0 Å². The van der Waals surface area contributed by atoms with Crippen LogP contribution in [0.25, 0.3) is 0 Å². The van der Waals surface area contributed by atoms with E-state index in [1.807, 2.05) is 0 Å². The first-order valence-electron chi connectivity index (χ1n) is 16.8. The van der Waals surface area contributed by atoms with Crippen molar-refractivity contribution in [2.45, 2.75) is 161 Å². The fourth-order valence-corrected chi connectivity index (χ4v) is 8.47. The van der Waals surface area contributed by atoms with E-state index in [1.165, 1.54) is 141 Å². The monoisotopic (exact) mass is 492 g/mol. The van der Waals surface area contributed by atoms with Crippen LogP contribution in [0.3, 0.4) is 0 Å². The van der Waals surface area contributed by atoms with Gasteiger partial charge in [-0.05, 0) is 85.2 Å². The summed E-state index contributed by atoms with van der Waals surface area (Å²) in [6.07, 6.45) is 32.4. The van der Waals surface area contributed by atoms with Gasteiger partial charge in [-0.1, -0.05) is 141 Å². The highest BCUT2D eigenvalue weighted by atomic mass is 14.3. The Balaban J connectivity index is 1.26. The van der Waals surface area contributed by atoms with E-state index in [0.717, 1.165) is 35.5 Å². The minimum atomic E-state index is 0.832. The number of unbranched alkanes of at least 4 members (excludes halogenated alkanes) is 2. The molecule has 3 aliphatic carbocycles. The molecule has 0 amide bonds. The maximum atomic E-state index is 2.54. The van der Waals surface area contributed by atoms with E-state index in [0.29, 0.717) is 0 Å². The van der Waals surface area contributed by atoms with Crippen molar-refractivity contribution in [3.63, 3.8) is 0 Å². The quantitative estimate of drug-likeness (QED) is 0.240. The van der Waals surface area contributed by atoms with E-state index in [4.69, 9.17) is 0 Å². The maximum absolute atomic E-state index is 2.54. The average molecular weight is 493 g/mol. The Morgan fingerprint density at radius 2 is 1.22 bits per heavy atom. The Morgan fingerprint density at radius 1 is 0.611 bits per heavy atom. The highest BCUT2D eigenvalue weighted by Crippen LogP contribution is 2.40. The van der Waals surface area contributed by atoms with Crippen LogP contribution >= 0.6 is 0 Å². The predicted molar refractivity (Wildman–Crippen MR) is 159 cm³/mol. The van der Waals surface area contributed by atoms with Crippen LogP contribution in [-0.2, 0) is 6.42 Å². The van der Waals surface area contributed by atoms with E-state index in [-0.39, 0.29) is 0 Å². The summed E-state index contributed by atoms with van der Waals surface area (Å²) >= 11 is 0. The van der Waals surface area contributed by atoms with Gasteiger partial charge < -0.3 is 0 Å². The third-order valence-electron chi connectivity index (χ3n) is 10.9. The fourth-order valence-electron chi connectivity index (χ4n) is 8.47. The van der Waals surface area contributed by atoms with Crippen LogP contribution in [0.2, 0.25) is 0 Å². The first kappa shape index (κ1) is 28.2. The summed E-state index contributed by atoms with van der Waals surface area (Å²) in [6.45, 7) is 4.70. The molecule has 36 heavy (non-hydrogen) atoms. The van der Waals surface area contributed by atoms with Gasteiger partial charge in [0.15, 0.2) is 0 Å². The predicted octanol–water partition coefficient (Wildman–Crippen LogP) is 11.7. The second-order valence-corrected chi connectivity index (χ2v) is 13.6. The van der Waals surface area contributed by atoms with E-state index in [1.54, 1.807) is 11.1 Å². The molecule has 4 rings (SSSR count). The van der Waals surface area contributed by atoms with Gasteiger partial charge in [0, 0.05) is 0 Å². The van der Waals surface area contributed by atoms with Gasteiger partial charge in [-0.15, -0.1) is 0 Å². The minimum Gasteiger partial charge on any atom is -0.0654 e. The lowest BCUT2D eigenvalue weighted by molar-refractivity contribution is 0.197. The van der Waals surface area contributed by atoms with Crippen LogP contribution in [-0.4, -0.2) is 0 Å². The molecule has 0 heterocycles. The van der Waals surface area contributed by atoms with Crippen LogP contribution in [0.5, 0.6) is 0 Å². The average Bonchev–Trinajstić information content (AvgIpc) is 2.93. The van der Waals surface area contributed by atoms with Crippen molar-refractivity contribution in [2.75, 3.05) is 0 Å². The molecule has 0 radical (unpaired) electrons. The zero-order valence-electron chi connectivity index (χ0n) is 24.3. The highest BCUT2D eigenvalue weighted by molar-refractivity contribution is 5.26. The Hall–Kier alpha value is -0.780. The van der Waals surface area contributed by atoms with Crippen LogP contribution in [0.15, 0.2) is 24.3 Å². The lowest BCUT2D eigenvalue weighted by atomic mass is 9.72. The molecule has 0 aromatic heterocycles. The summed E-state index contributed by atoms with van der Waals surface area (Å²) in [6, 6.07) is 10.1. The zero-order valence-corrected chi connectivity index (χ0v) is 24.3. The molecule has 3 saturated carbocycles. The summed E-state index contributed by atoms with van der Waals surface area (Å²) in [5.74, 6) is 5.86. The topological polar surface area (TPSA) is 0 Å². The van der Waals surface area contributed by atoms with Crippen molar-refractivity contribution < 1.29 is 0 Å². The normalized spacial score (nSPS) is 28.7. The van der Waals surface area contributed by atoms with Crippen molar-refractivity contribution in [1.29, 1.82) is 0 Å². The lowest BCUT2D eigenvalue weighted by Crippen LogP contribution is -2.22. The van der Waals surface area contributed by atoms with Crippen LogP contribution in [0, 0.1) is 29.6 Å². The molecule has 0 bridgehead atoms. The Labute approximate surface area is 225 Å². The molecule has 0 N–H and O–H groups in total. The lowest BCUT2D eigenvalue weighted by Gasteiger charge is -2.33. The second-order valence-electron chi connectivity index (χ2n) is 13.6. The van der Waals surface area contributed by atoms with E-state index in [2.05, 4.69) is 38.1 Å². The standard InChI is InChI=1S/C36H60/c1-3-5-7-11-30-18-23-34(24-19-30)35-25-21-32(22-26-35)28-36(33-12-8-6-9-13-33)27-20-31-16-14-29(10-4-2)15-17-31/h21-22,25-26,29-31,33-34,36H,3-20,23-24,27-28H2,1-2H3. The van der Waals surface area contributed by atoms with Crippen LogP contribution in [0.4, 0.5) is 0 Å². The van der Waals surface area contributed by atoms with Gasteiger partial charge in [-0.2, -0.15) is 0 Å². The van der Waals surface area contributed by atoms with E-state index in [9.17, 15) is 0 Å². The van der Waals surface area contributed by atoms with Gasteiger partial charge >= 0.3 is 0 Å². The highest BCUT2D eigenvalue weighted by Gasteiger charge is 2.27. The molecule has 0 saturated heterocycles. The molecule has 0 aliphatic heterocycles. The minimum absolute atomic E-state index is 0.832. The molecule has 1 atom stereocenters. The summed E-state index contributed by atoms with van der Waals surface area (Å²) < 4.78 is 0. The molecule has 3 aliphatic rings. The zero-order chi connectivity index (χ0) is 25.0. The fraction of sp³-hybridized carbons (Fsp3) is 0.833. The van der Waals surface area contributed by atoms with Crippen molar-refractivity contribution in [3.05, 3.63) is 35.4 Å². The molecule has 204 valence electrons. The molecular weight excluding hydrogens is 432 g/mol. The molecule has 1 aromatic rings. The third kappa shape index (κ3) is 8.91. The smallest absolute Gasteiger partial charge is 0.0162 e. The van der Waals surface area contributed by atoms with E-state index >= 15 is 0 Å². The van der Waals surface area contributed by atoms with Gasteiger partial charge in [0.1, 0.15) is 0 Å². The summed E-state index contributed by atoms with van der Waals surface area (Å²) in [4.78, 5) is 0. The van der Waals surface area contributed by atoms with Crippen molar-refractivity contribution in [2.24, 2.45) is 29.6 Å². The first-order chi connectivity index (χ1) is 17.7. The molecular formula is C36H60. The Bertz CT molecular complexity index is 679. The van der Waals surface area contributed by atoms with E-state index < -0.39 is 0 Å². The molecule has 1 aromatic carbocycles. The van der Waals surface area contributed by atoms with Gasteiger partial charge in [-0.25, -0.2) is 0 Å². The van der Waals surface area contributed by atoms with Crippen molar-refractivity contribution >= 4 is 0 Å². The molecule has 1 unspecified atom stereocenters. The number of rotatable bonds is 13. The van der Waals surface area contributed by atoms with Crippen LogP contribution < -0.4 is 0 Å². The maximum Gasteiger partial charge on any atom is -0.0162 e. The van der Waals surface area contributed by atoms with Gasteiger partial charge in [0.05, 0.1) is 0 Å². The molecule has 0 spiro atoms. The third-order valence-corrected chi connectivity index (χ3v) is 10.9. The van der Waals surface area contributed by atoms with Gasteiger partial charge in [-0.3, -0.25) is 0 Å². The van der Waals surface area contributed by atoms with Crippen LogP contribution in [0.1, 0.15) is 166 Å². The second kappa shape index (κ2) is 15.6. The SMILES string of the molecule is CCCCCC1CCC(c2ccc(CC(CCC3CCC(CCC)CC3)C3CCCCC3)cc2)CC1. The Morgan fingerprint density at radius 3 is 1.86 bits per heavy atom. The Kier molecular flexibility index (Phi) is 12.2.